The average Bonchev–Trinajstić information content (AvgIpc) is 3.14. The lowest BCUT2D eigenvalue weighted by atomic mass is 10.0. The van der Waals surface area contributed by atoms with Crippen LogP contribution in [0.1, 0.15) is 11.1 Å². The molecule has 0 aromatic heterocycles. The molecule has 0 spiro atoms. The van der Waals surface area contributed by atoms with Crippen molar-refractivity contribution in [2.24, 2.45) is 0 Å². The molecule has 3 rings (SSSR count). The lowest BCUT2D eigenvalue weighted by Gasteiger charge is -2.19. The van der Waals surface area contributed by atoms with Crippen molar-refractivity contribution in [1.29, 1.82) is 0 Å². The van der Waals surface area contributed by atoms with E-state index in [1.807, 2.05) is 6.92 Å². The van der Waals surface area contributed by atoms with Gasteiger partial charge in [-0.15, -0.1) is 0 Å². The summed E-state index contributed by atoms with van der Waals surface area (Å²) < 4.78 is 21.7. The molecule has 2 aromatic rings. The van der Waals surface area contributed by atoms with Gasteiger partial charge in [0.15, 0.2) is 0 Å². The van der Waals surface area contributed by atoms with Crippen molar-refractivity contribution in [3.63, 3.8) is 0 Å². The van der Waals surface area contributed by atoms with Gasteiger partial charge in [-0.05, 0) is 18.1 Å². The van der Waals surface area contributed by atoms with E-state index in [1.54, 1.807) is 12.1 Å². The van der Waals surface area contributed by atoms with Gasteiger partial charge in [0.2, 0.25) is 11.9 Å². The van der Waals surface area contributed by atoms with Crippen LogP contribution in [0.4, 0.5) is 5.69 Å². The van der Waals surface area contributed by atoms with Crippen LogP contribution in [0.2, 0.25) is 19.6 Å². The Hall–Kier alpha value is -3.26. The first kappa shape index (κ1) is 24.4. The molecule has 33 heavy (non-hydrogen) atoms. The van der Waals surface area contributed by atoms with Gasteiger partial charge in [0.05, 0.1) is 29.4 Å². The Morgan fingerprint density at radius 3 is 2.21 bits per heavy atom. The number of amides is 1. The summed E-state index contributed by atoms with van der Waals surface area (Å²) in [6.45, 7) is 8.91. The third-order valence-electron chi connectivity index (χ3n) is 5.61. The van der Waals surface area contributed by atoms with E-state index in [-0.39, 0.29) is 0 Å². The molecule has 7 nitrogen and oxygen atoms in total. The number of hydrogen-bond acceptors (Lipinski definition) is 6. The summed E-state index contributed by atoms with van der Waals surface area (Å²) in [6, 6.07) is 9.70. The predicted molar refractivity (Wildman–Crippen MR) is 131 cm³/mol. The number of carbonyl (C=O) groups excluding carboxylic acids is 2. The molecular weight excluding hydrogens is 438 g/mol. The first-order chi connectivity index (χ1) is 15.6. The second-order valence-corrected chi connectivity index (χ2v) is 14.1. The zero-order valence-corrected chi connectivity index (χ0v) is 21.2. The summed E-state index contributed by atoms with van der Waals surface area (Å²) in [6.07, 6.45) is 0.597. The highest BCUT2D eigenvalue weighted by Crippen LogP contribution is 2.39. The topological polar surface area (TPSA) is 83.1 Å². The van der Waals surface area contributed by atoms with Crippen molar-refractivity contribution in [3.8, 4) is 17.2 Å². The maximum atomic E-state index is 12.9. The number of allylic oxidation sites excluding steroid dienone is 1. The van der Waals surface area contributed by atoms with E-state index in [9.17, 15) is 9.59 Å². The van der Waals surface area contributed by atoms with Crippen molar-refractivity contribution >= 4 is 30.6 Å². The molecule has 0 fully saturated rings. The Balaban J connectivity index is 1.77. The number of carbonyl (C=O) groups is 2. The first-order valence-electron chi connectivity index (χ1n) is 10.7. The van der Waals surface area contributed by atoms with Crippen LogP contribution >= 0.6 is 0 Å². The number of benzene rings is 2. The number of rotatable bonds is 8. The molecule has 0 bridgehead atoms. The molecule has 0 saturated carbocycles. The molecule has 8 heteroatoms. The van der Waals surface area contributed by atoms with E-state index in [0.29, 0.717) is 35.1 Å². The van der Waals surface area contributed by atoms with Gasteiger partial charge in [-0.1, -0.05) is 43.0 Å². The maximum Gasteiger partial charge on any atom is 0.273 e. The summed E-state index contributed by atoms with van der Waals surface area (Å²) in [5.74, 6) is 0.682. The highest BCUT2D eigenvalue weighted by atomic mass is 28.3. The van der Waals surface area contributed by atoms with Crippen molar-refractivity contribution in [3.05, 3.63) is 53.3 Å². The van der Waals surface area contributed by atoms with Crippen LogP contribution in [0.25, 0.3) is 0 Å². The fourth-order valence-electron chi connectivity index (χ4n) is 3.59. The molecule has 1 heterocycles. The van der Waals surface area contributed by atoms with E-state index < -0.39 is 25.9 Å². The van der Waals surface area contributed by atoms with Crippen LogP contribution in [0, 0.1) is 6.92 Å². The molecule has 1 atom stereocenters. The summed E-state index contributed by atoms with van der Waals surface area (Å²) >= 11 is 0. The lowest BCUT2D eigenvalue weighted by Crippen LogP contribution is -2.37. The third kappa shape index (κ3) is 5.39. The molecule has 2 aromatic carbocycles. The number of anilines is 1. The second-order valence-electron chi connectivity index (χ2n) is 8.98. The quantitative estimate of drug-likeness (QED) is 0.470. The Labute approximate surface area is 195 Å². The molecule has 1 aliphatic heterocycles. The predicted octanol–water partition coefficient (Wildman–Crippen LogP) is 3.60. The largest absolute Gasteiger partial charge is 0.496 e. The molecule has 0 saturated heterocycles. The van der Waals surface area contributed by atoms with Crippen molar-refractivity contribution in [2.75, 3.05) is 26.6 Å². The lowest BCUT2D eigenvalue weighted by molar-refractivity contribution is -0.132. The van der Waals surface area contributed by atoms with E-state index in [1.165, 1.54) is 32.6 Å². The van der Waals surface area contributed by atoms with Crippen LogP contribution in [0.5, 0.6) is 17.2 Å². The fourth-order valence-corrected chi connectivity index (χ4v) is 4.78. The normalized spacial score (nSPS) is 15.5. The average molecular weight is 470 g/mol. The van der Waals surface area contributed by atoms with Gasteiger partial charge in [0.25, 0.3) is 5.91 Å². The molecule has 1 aliphatic rings. The highest BCUT2D eigenvalue weighted by molar-refractivity contribution is 6.88. The molecule has 0 radical (unpaired) electrons. The molecule has 1 unspecified atom stereocenters. The van der Waals surface area contributed by atoms with Crippen LogP contribution in [-0.4, -0.2) is 47.2 Å². The number of aryl methyl sites for hydroxylation is 1. The van der Waals surface area contributed by atoms with Crippen molar-refractivity contribution in [2.45, 2.75) is 39.1 Å². The van der Waals surface area contributed by atoms with Gasteiger partial charge in [-0.25, -0.2) is 0 Å². The monoisotopic (exact) mass is 469 g/mol. The Bertz CT molecular complexity index is 1080. The van der Waals surface area contributed by atoms with Crippen molar-refractivity contribution < 1.29 is 28.5 Å². The first-order valence-corrected chi connectivity index (χ1v) is 14.2. The SMILES string of the molecule is COc1cc(OC)c(NC(=O)C2OC(Cc3cc([Si](C)(C)C)ccc3C)=CC2=O)c(OC)c1. The van der Waals surface area contributed by atoms with E-state index in [0.717, 1.165) is 11.1 Å². The van der Waals surface area contributed by atoms with Crippen LogP contribution < -0.4 is 24.7 Å². The highest BCUT2D eigenvalue weighted by Gasteiger charge is 2.35. The number of ether oxygens (including phenoxy) is 4. The summed E-state index contributed by atoms with van der Waals surface area (Å²) in [7, 11) is 2.98. The summed E-state index contributed by atoms with van der Waals surface area (Å²) in [5.41, 5.74) is 2.51. The van der Waals surface area contributed by atoms with E-state index in [2.05, 4.69) is 43.2 Å². The smallest absolute Gasteiger partial charge is 0.273 e. The van der Waals surface area contributed by atoms with Gasteiger partial charge in [-0.2, -0.15) is 0 Å². The second kappa shape index (κ2) is 9.70. The van der Waals surface area contributed by atoms with Gasteiger partial charge >= 0.3 is 0 Å². The van der Waals surface area contributed by atoms with Crippen LogP contribution in [-0.2, 0) is 20.7 Å². The number of ketones is 1. The Morgan fingerprint density at radius 1 is 1.03 bits per heavy atom. The van der Waals surface area contributed by atoms with Crippen LogP contribution in [0.15, 0.2) is 42.2 Å². The summed E-state index contributed by atoms with van der Waals surface area (Å²) in [4.78, 5) is 25.5. The fraction of sp³-hybridized carbons (Fsp3) is 0.360. The van der Waals surface area contributed by atoms with Gasteiger partial charge in [0, 0.05) is 24.6 Å². The minimum atomic E-state index is -1.48. The molecular formula is C25H31NO6Si. The number of methoxy groups -OCH3 is 3. The Morgan fingerprint density at radius 2 is 1.67 bits per heavy atom. The third-order valence-corrected chi connectivity index (χ3v) is 7.66. The zero-order valence-electron chi connectivity index (χ0n) is 20.2. The minimum Gasteiger partial charge on any atom is -0.496 e. The van der Waals surface area contributed by atoms with E-state index in [4.69, 9.17) is 18.9 Å². The molecule has 176 valence electrons. The Kier molecular flexibility index (Phi) is 7.17. The van der Waals surface area contributed by atoms with Gasteiger partial charge < -0.3 is 24.3 Å². The van der Waals surface area contributed by atoms with E-state index >= 15 is 0 Å². The standard InChI is InChI=1S/C25H31NO6Si/c1-15-8-9-19(33(5,6)7)11-16(15)10-18-12-20(27)24(32-18)25(28)26-23-21(30-3)13-17(29-2)14-22(23)31-4/h8-9,11-14,24H,10H2,1-7H3,(H,26,28). The zero-order chi connectivity index (χ0) is 24.3. The van der Waals surface area contributed by atoms with Gasteiger partial charge in [0.1, 0.15) is 28.7 Å². The maximum absolute atomic E-state index is 12.9. The summed E-state index contributed by atoms with van der Waals surface area (Å²) in [5, 5.41) is 4.05. The molecule has 1 amide bonds. The number of hydrogen-bond donors (Lipinski definition) is 1. The molecule has 1 N–H and O–H groups in total. The van der Waals surface area contributed by atoms with Gasteiger partial charge in [-0.3, -0.25) is 9.59 Å². The number of nitrogens with one attached hydrogen (secondary N) is 1. The van der Waals surface area contributed by atoms with Crippen LogP contribution in [0.3, 0.4) is 0 Å². The van der Waals surface area contributed by atoms with Crippen molar-refractivity contribution in [1.82, 2.24) is 0 Å². The molecule has 0 aliphatic carbocycles. The minimum absolute atomic E-state index is 0.300.